The van der Waals surface area contributed by atoms with E-state index in [2.05, 4.69) is 4.72 Å². The SMILES string of the molecule is CC(=O)c1ccc(S(=O)(=O)NC(C)C(=O)N2CCN(C(=O)C3CC3)CC2)cc1. The molecular formula is C19H25N3O5S. The van der Waals surface area contributed by atoms with E-state index in [1.807, 2.05) is 0 Å². The lowest BCUT2D eigenvalue weighted by Gasteiger charge is -2.36. The van der Waals surface area contributed by atoms with Crippen LogP contribution in [0.25, 0.3) is 0 Å². The van der Waals surface area contributed by atoms with Gasteiger partial charge in [0.15, 0.2) is 5.78 Å². The number of hydrogen-bond donors (Lipinski definition) is 1. The average molecular weight is 407 g/mol. The first-order chi connectivity index (χ1) is 13.2. The van der Waals surface area contributed by atoms with Gasteiger partial charge in [0.1, 0.15) is 0 Å². The molecule has 0 bridgehead atoms. The molecule has 1 saturated carbocycles. The van der Waals surface area contributed by atoms with Crippen molar-refractivity contribution < 1.29 is 22.8 Å². The molecule has 0 radical (unpaired) electrons. The zero-order chi connectivity index (χ0) is 20.5. The summed E-state index contributed by atoms with van der Waals surface area (Å²) in [5.41, 5.74) is 0.418. The van der Waals surface area contributed by atoms with Gasteiger partial charge in [-0.2, -0.15) is 4.72 Å². The maximum Gasteiger partial charge on any atom is 0.241 e. The molecule has 1 heterocycles. The summed E-state index contributed by atoms with van der Waals surface area (Å²) in [4.78, 5) is 39.4. The van der Waals surface area contributed by atoms with Crippen molar-refractivity contribution in [1.82, 2.24) is 14.5 Å². The van der Waals surface area contributed by atoms with Crippen molar-refractivity contribution in [2.45, 2.75) is 37.6 Å². The quantitative estimate of drug-likeness (QED) is 0.697. The first-order valence-electron chi connectivity index (χ1n) is 9.40. The van der Waals surface area contributed by atoms with Crippen molar-refractivity contribution in [3.63, 3.8) is 0 Å². The minimum Gasteiger partial charge on any atom is -0.339 e. The normalized spacial score (nSPS) is 18.6. The summed E-state index contributed by atoms with van der Waals surface area (Å²) < 4.78 is 27.4. The first-order valence-corrected chi connectivity index (χ1v) is 10.9. The molecule has 9 heteroatoms. The summed E-state index contributed by atoms with van der Waals surface area (Å²) in [5.74, 6) is -0.153. The van der Waals surface area contributed by atoms with Crippen LogP contribution in [0.3, 0.4) is 0 Å². The molecule has 1 atom stereocenters. The van der Waals surface area contributed by atoms with Crippen LogP contribution in [-0.2, 0) is 19.6 Å². The van der Waals surface area contributed by atoms with Crippen LogP contribution in [0.4, 0.5) is 0 Å². The molecule has 1 aliphatic heterocycles. The lowest BCUT2D eigenvalue weighted by atomic mass is 10.2. The molecule has 28 heavy (non-hydrogen) atoms. The third-order valence-corrected chi connectivity index (χ3v) is 6.66. The minimum atomic E-state index is -3.89. The van der Waals surface area contributed by atoms with E-state index in [1.165, 1.54) is 38.1 Å². The number of Topliss-reactive ketones (excluding diaryl/α,β-unsaturated/α-hetero) is 1. The molecule has 1 aliphatic carbocycles. The molecule has 2 aliphatic rings. The molecule has 2 amide bonds. The fourth-order valence-corrected chi connectivity index (χ4v) is 4.43. The van der Waals surface area contributed by atoms with Crippen LogP contribution in [0.5, 0.6) is 0 Å². The lowest BCUT2D eigenvalue weighted by Crippen LogP contribution is -2.55. The zero-order valence-electron chi connectivity index (χ0n) is 16.1. The highest BCUT2D eigenvalue weighted by atomic mass is 32.2. The van der Waals surface area contributed by atoms with Crippen molar-refractivity contribution in [1.29, 1.82) is 0 Å². The molecular weight excluding hydrogens is 382 g/mol. The Bertz CT molecular complexity index is 869. The topological polar surface area (TPSA) is 104 Å². The Morgan fingerprint density at radius 1 is 1.00 bits per heavy atom. The van der Waals surface area contributed by atoms with E-state index in [0.717, 1.165) is 12.8 Å². The number of amides is 2. The van der Waals surface area contributed by atoms with E-state index >= 15 is 0 Å². The highest BCUT2D eigenvalue weighted by Crippen LogP contribution is 2.31. The van der Waals surface area contributed by atoms with E-state index in [1.54, 1.807) is 9.80 Å². The maximum atomic E-state index is 12.6. The lowest BCUT2D eigenvalue weighted by molar-refractivity contribution is -0.140. The van der Waals surface area contributed by atoms with Gasteiger partial charge in [-0.05, 0) is 38.8 Å². The molecule has 1 N–H and O–H groups in total. The van der Waals surface area contributed by atoms with Crippen LogP contribution in [0.2, 0.25) is 0 Å². The third kappa shape index (κ3) is 4.59. The molecule has 1 aromatic carbocycles. The zero-order valence-corrected chi connectivity index (χ0v) is 16.9. The van der Waals surface area contributed by atoms with E-state index < -0.39 is 16.1 Å². The van der Waals surface area contributed by atoms with Gasteiger partial charge < -0.3 is 9.80 Å². The number of benzene rings is 1. The number of rotatable bonds is 6. The van der Waals surface area contributed by atoms with Crippen molar-refractivity contribution in [3.8, 4) is 0 Å². The Labute approximate surface area is 164 Å². The Morgan fingerprint density at radius 3 is 2.04 bits per heavy atom. The highest BCUT2D eigenvalue weighted by molar-refractivity contribution is 7.89. The number of nitrogens with one attached hydrogen (secondary N) is 1. The second kappa shape index (κ2) is 8.00. The monoisotopic (exact) mass is 407 g/mol. The van der Waals surface area contributed by atoms with Gasteiger partial charge in [-0.3, -0.25) is 14.4 Å². The van der Waals surface area contributed by atoms with Crippen molar-refractivity contribution >= 4 is 27.6 Å². The molecule has 8 nitrogen and oxygen atoms in total. The second-order valence-electron chi connectivity index (χ2n) is 7.35. The van der Waals surface area contributed by atoms with Crippen molar-refractivity contribution in [2.75, 3.05) is 26.2 Å². The molecule has 1 aromatic rings. The Kier molecular flexibility index (Phi) is 5.85. The molecule has 1 unspecified atom stereocenters. The number of hydrogen-bond acceptors (Lipinski definition) is 5. The van der Waals surface area contributed by atoms with Gasteiger partial charge >= 0.3 is 0 Å². The fourth-order valence-electron chi connectivity index (χ4n) is 3.23. The number of ketones is 1. The predicted octanol–water partition coefficient (Wildman–Crippen LogP) is 0.637. The van der Waals surface area contributed by atoms with Gasteiger partial charge in [-0.15, -0.1) is 0 Å². The third-order valence-electron chi connectivity index (χ3n) is 5.10. The summed E-state index contributed by atoms with van der Waals surface area (Å²) >= 11 is 0. The van der Waals surface area contributed by atoms with Crippen molar-refractivity contribution in [3.05, 3.63) is 29.8 Å². The summed E-state index contributed by atoms with van der Waals surface area (Å²) in [5, 5.41) is 0. The minimum absolute atomic E-state index is 0.00278. The number of piperazine rings is 1. The predicted molar refractivity (Wildman–Crippen MR) is 102 cm³/mol. The van der Waals surface area contributed by atoms with E-state index in [-0.39, 0.29) is 28.4 Å². The van der Waals surface area contributed by atoms with Crippen LogP contribution in [-0.4, -0.2) is 68.0 Å². The Hall–Kier alpha value is -2.26. The highest BCUT2D eigenvalue weighted by Gasteiger charge is 2.36. The largest absolute Gasteiger partial charge is 0.339 e. The summed E-state index contributed by atoms with van der Waals surface area (Å²) in [6.07, 6.45) is 1.90. The van der Waals surface area contributed by atoms with Gasteiger partial charge in [0.25, 0.3) is 0 Å². The number of carbonyl (C=O) groups is 3. The molecule has 1 saturated heterocycles. The first kappa shape index (κ1) is 20.5. The Balaban J connectivity index is 1.57. The van der Waals surface area contributed by atoms with Crippen LogP contribution >= 0.6 is 0 Å². The van der Waals surface area contributed by atoms with Gasteiger partial charge in [0.2, 0.25) is 21.8 Å². The summed E-state index contributed by atoms with van der Waals surface area (Å²) in [7, 11) is -3.89. The van der Waals surface area contributed by atoms with E-state index in [4.69, 9.17) is 0 Å². The Morgan fingerprint density at radius 2 is 1.54 bits per heavy atom. The van der Waals surface area contributed by atoms with Gasteiger partial charge in [0.05, 0.1) is 10.9 Å². The van der Waals surface area contributed by atoms with Crippen LogP contribution < -0.4 is 4.72 Å². The van der Waals surface area contributed by atoms with E-state index in [9.17, 15) is 22.8 Å². The van der Waals surface area contributed by atoms with Gasteiger partial charge in [-0.1, -0.05) is 12.1 Å². The molecule has 152 valence electrons. The number of sulfonamides is 1. The summed E-state index contributed by atoms with van der Waals surface area (Å²) in [6, 6.07) is 4.65. The van der Waals surface area contributed by atoms with Crippen molar-refractivity contribution in [2.24, 2.45) is 5.92 Å². The maximum absolute atomic E-state index is 12.6. The standard InChI is InChI=1S/C19H25N3O5S/c1-13(20-28(26,27)17-7-5-15(6-8-17)14(2)23)18(24)21-9-11-22(12-10-21)19(25)16-3-4-16/h5-8,13,16,20H,3-4,9-12H2,1-2H3. The second-order valence-corrected chi connectivity index (χ2v) is 9.06. The number of nitrogens with zero attached hydrogens (tertiary/aromatic N) is 2. The van der Waals surface area contributed by atoms with Crippen LogP contribution in [0.1, 0.15) is 37.0 Å². The number of carbonyl (C=O) groups excluding carboxylic acids is 3. The smallest absolute Gasteiger partial charge is 0.241 e. The van der Waals surface area contributed by atoms with Crippen LogP contribution in [0, 0.1) is 5.92 Å². The van der Waals surface area contributed by atoms with E-state index in [0.29, 0.717) is 31.7 Å². The van der Waals surface area contributed by atoms with Gasteiger partial charge in [-0.25, -0.2) is 8.42 Å². The average Bonchev–Trinajstić information content (AvgIpc) is 3.52. The molecule has 3 rings (SSSR count). The summed E-state index contributed by atoms with van der Waals surface area (Å²) in [6.45, 7) is 4.67. The van der Waals surface area contributed by atoms with Crippen LogP contribution in [0.15, 0.2) is 29.2 Å². The van der Waals surface area contributed by atoms with Gasteiger partial charge in [0, 0.05) is 37.7 Å². The molecule has 0 spiro atoms. The molecule has 0 aromatic heterocycles. The molecule has 2 fully saturated rings. The fraction of sp³-hybridized carbons (Fsp3) is 0.526.